The first-order valence-electron chi connectivity index (χ1n) is 9.17. The van der Waals surface area contributed by atoms with Crippen LogP contribution in [0.2, 0.25) is 0 Å². The van der Waals surface area contributed by atoms with Crippen molar-refractivity contribution in [2.45, 2.75) is 36.4 Å². The molecule has 7 nitrogen and oxygen atoms in total. The third-order valence-corrected chi connectivity index (χ3v) is 7.28. The number of nitrogens with one attached hydrogen (secondary N) is 2. The van der Waals surface area contributed by atoms with Gasteiger partial charge in [0.2, 0.25) is 10.0 Å². The van der Waals surface area contributed by atoms with E-state index in [1.165, 1.54) is 0 Å². The lowest BCUT2D eigenvalue weighted by atomic mass is 10.1. The Balaban J connectivity index is 1.47. The number of benzene rings is 2. The fourth-order valence-electron chi connectivity index (χ4n) is 4.51. The molecular formula is C19H21N3O4S. The molecule has 0 bridgehead atoms. The van der Waals surface area contributed by atoms with Crippen molar-refractivity contribution in [3.8, 4) is 0 Å². The quantitative estimate of drug-likeness (QED) is 0.834. The summed E-state index contributed by atoms with van der Waals surface area (Å²) in [7, 11) is -3.71. The lowest BCUT2D eigenvalue weighted by Gasteiger charge is -2.33. The monoisotopic (exact) mass is 387 g/mol. The molecule has 2 fully saturated rings. The SMILES string of the molecule is C[C@H]1CN2C[C@@H](NS(=O)(=O)c3ccc4c5c(cccc35)C(=O)N4)C[C@H]2CO1. The van der Waals surface area contributed by atoms with E-state index in [0.29, 0.717) is 35.2 Å². The number of morpholine rings is 1. The smallest absolute Gasteiger partial charge is 0.256 e. The van der Waals surface area contributed by atoms with Crippen LogP contribution >= 0.6 is 0 Å². The number of amides is 1. The van der Waals surface area contributed by atoms with Crippen LogP contribution in [0.1, 0.15) is 23.7 Å². The fourth-order valence-corrected chi connectivity index (χ4v) is 5.95. The maximum Gasteiger partial charge on any atom is 0.256 e. The second-order valence-corrected chi connectivity index (χ2v) is 9.28. The van der Waals surface area contributed by atoms with Gasteiger partial charge in [0, 0.05) is 47.2 Å². The first-order chi connectivity index (χ1) is 12.9. The number of ether oxygens (including phenoxy) is 1. The van der Waals surface area contributed by atoms with Crippen LogP contribution in [0.15, 0.2) is 35.2 Å². The molecule has 2 N–H and O–H groups in total. The predicted octanol–water partition coefficient (Wildman–Crippen LogP) is 1.55. The average Bonchev–Trinajstić information content (AvgIpc) is 3.16. The summed E-state index contributed by atoms with van der Waals surface area (Å²) in [5.41, 5.74) is 1.18. The number of carbonyl (C=O) groups excluding carboxylic acids is 1. The first kappa shape index (κ1) is 17.1. The summed E-state index contributed by atoms with van der Waals surface area (Å²) in [4.78, 5) is 14.6. The molecule has 0 spiro atoms. The Bertz CT molecular complexity index is 1050. The van der Waals surface area contributed by atoms with E-state index in [-0.39, 0.29) is 29.0 Å². The molecule has 2 saturated heterocycles. The summed E-state index contributed by atoms with van der Waals surface area (Å²) in [5, 5.41) is 4.04. The van der Waals surface area contributed by atoms with E-state index in [2.05, 4.69) is 14.9 Å². The van der Waals surface area contributed by atoms with Gasteiger partial charge in [0.05, 0.1) is 17.6 Å². The molecule has 0 aliphatic carbocycles. The normalized spacial score (nSPS) is 27.7. The predicted molar refractivity (Wildman–Crippen MR) is 101 cm³/mol. The molecule has 2 aromatic rings. The zero-order chi connectivity index (χ0) is 18.8. The van der Waals surface area contributed by atoms with Gasteiger partial charge in [-0.05, 0) is 31.5 Å². The third-order valence-electron chi connectivity index (χ3n) is 5.70. The highest BCUT2D eigenvalue weighted by Crippen LogP contribution is 2.36. The van der Waals surface area contributed by atoms with Crippen LogP contribution in [0.5, 0.6) is 0 Å². The van der Waals surface area contributed by atoms with Gasteiger partial charge in [0.1, 0.15) is 0 Å². The Morgan fingerprint density at radius 1 is 1.22 bits per heavy atom. The van der Waals surface area contributed by atoms with E-state index >= 15 is 0 Å². The molecule has 1 amide bonds. The van der Waals surface area contributed by atoms with Crippen LogP contribution in [-0.4, -0.2) is 57.1 Å². The summed E-state index contributed by atoms with van der Waals surface area (Å²) < 4.78 is 34.8. The Morgan fingerprint density at radius 3 is 2.93 bits per heavy atom. The maximum absolute atomic E-state index is 13.1. The standard InChI is InChI=1S/C19H21N3O4S/c1-11-8-22-9-12(7-13(22)10-26-11)21-27(24,25)17-6-5-16-18-14(17)3-2-4-15(18)19(23)20-16/h2-6,11-13,21H,7-10H2,1H3,(H,20,23)/t11-,12-,13-/m0/s1. The van der Waals surface area contributed by atoms with E-state index in [1.807, 2.05) is 6.92 Å². The topological polar surface area (TPSA) is 87.7 Å². The van der Waals surface area contributed by atoms with E-state index < -0.39 is 10.0 Å². The van der Waals surface area contributed by atoms with Crippen LogP contribution in [-0.2, 0) is 14.8 Å². The highest BCUT2D eigenvalue weighted by molar-refractivity contribution is 7.89. The van der Waals surface area contributed by atoms with E-state index in [0.717, 1.165) is 13.0 Å². The van der Waals surface area contributed by atoms with Crippen molar-refractivity contribution in [3.63, 3.8) is 0 Å². The lowest BCUT2D eigenvalue weighted by molar-refractivity contribution is -0.0390. The molecule has 142 valence electrons. The summed E-state index contributed by atoms with van der Waals surface area (Å²) in [6.07, 6.45) is 0.922. The molecule has 2 aromatic carbocycles. The molecule has 0 radical (unpaired) electrons. The molecular weight excluding hydrogens is 366 g/mol. The highest BCUT2D eigenvalue weighted by Gasteiger charge is 2.38. The van der Waals surface area contributed by atoms with Crippen molar-refractivity contribution >= 4 is 32.4 Å². The zero-order valence-electron chi connectivity index (χ0n) is 14.9. The lowest BCUT2D eigenvalue weighted by Crippen LogP contribution is -2.45. The second kappa shape index (κ2) is 6.00. The molecule has 0 aromatic heterocycles. The van der Waals surface area contributed by atoms with Crippen molar-refractivity contribution < 1.29 is 17.9 Å². The van der Waals surface area contributed by atoms with Gasteiger partial charge in [-0.3, -0.25) is 9.69 Å². The summed E-state index contributed by atoms with van der Waals surface area (Å²) in [6, 6.07) is 8.56. The number of sulfonamides is 1. The van der Waals surface area contributed by atoms with Crippen LogP contribution < -0.4 is 10.0 Å². The number of nitrogens with zero attached hydrogens (tertiary/aromatic N) is 1. The number of hydrogen-bond acceptors (Lipinski definition) is 5. The van der Waals surface area contributed by atoms with Gasteiger partial charge in [0.15, 0.2) is 0 Å². The van der Waals surface area contributed by atoms with Crippen molar-refractivity contribution in [1.82, 2.24) is 9.62 Å². The number of anilines is 1. The number of carbonyl (C=O) groups is 1. The van der Waals surface area contributed by atoms with Crippen molar-refractivity contribution in [3.05, 3.63) is 35.9 Å². The molecule has 3 aliphatic heterocycles. The number of hydrogen-bond donors (Lipinski definition) is 2. The van der Waals surface area contributed by atoms with Gasteiger partial charge >= 0.3 is 0 Å². The molecule has 3 heterocycles. The molecule has 8 heteroatoms. The Morgan fingerprint density at radius 2 is 2.07 bits per heavy atom. The number of rotatable bonds is 3. The van der Waals surface area contributed by atoms with Gasteiger partial charge in [-0.2, -0.15) is 0 Å². The van der Waals surface area contributed by atoms with Crippen LogP contribution in [0.25, 0.3) is 10.8 Å². The molecule has 3 aliphatic rings. The summed E-state index contributed by atoms with van der Waals surface area (Å²) >= 11 is 0. The highest BCUT2D eigenvalue weighted by atomic mass is 32.2. The van der Waals surface area contributed by atoms with E-state index in [9.17, 15) is 13.2 Å². The molecule has 3 atom stereocenters. The molecule has 0 saturated carbocycles. The molecule has 27 heavy (non-hydrogen) atoms. The van der Waals surface area contributed by atoms with Gasteiger partial charge in [-0.25, -0.2) is 13.1 Å². The van der Waals surface area contributed by atoms with Crippen LogP contribution in [0, 0.1) is 0 Å². The van der Waals surface area contributed by atoms with E-state index in [1.54, 1.807) is 30.3 Å². The van der Waals surface area contributed by atoms with Gasteiger partial charge in [-0.1, -0.05) is 12.1 Å². The van der Waals surface area contributed by atoms with Crippen molar-refractivity contribution in [1.29, 1.82) is 0 Å². The summed E-state index contributed by atoms with van der Waals surface area (Å²) in [5.74, 6) is -0.195. The Hall–Kier alpha value is -2.00. The third kappa shape index (κ3) is 2.75. The zero-order valence-corrected chi connectivity index (χ0v) is 15.8. The number of fused-ring (bicyclic) bond motifs is 1. The fraction of sp³-hybridized carbons (Fsp3) is 0.421. The van der Waals surface area contributed by atoms with Gasteiger partial charge < -0.3 is 10.1 Å². The minimum absolute atomic E-state index is 0.142. The van der Waals surface area contributed by atoms with Gasteiger partial charge in [-0.15, -0.1) is 0 Å². The van der Waals surface area contributed by atoms with Crippen LogP contribution in [0.4, 0.5) is 5.69 Å². The molecule has 5 rings (SSSR count). The van der Waals surface area contributed by atoms with Crippen LogP contribution in [0.3, 0.4) is 0 Å². The second-order valence-electron chi connectivity index (χ2n) is 7.60. The van der Waals surface area contributed by atoms with Crippen molar-refractivity contribution in [2.24, 2.45) is 0 Å². The first-order valence-corrected chi connectivity index (χ1v) is 10.7. The summed E-state index contributed by atoms with van der Waals surface area (Å²) in [6.45, 7) is 4.21. The van der Waals surface area contributed by atoms with Crippen molar-refractivity contribution in [2.75, 3.05) is 25.0 Å². The minimum atomic E-state index is -3.71. The Labute approximate surface area is 157 Å². The molecule has 0 unspecified atom stereocenters. The van der Waals surface area contributed by atoms with E-state index in [4.69, 9.17) is 4.74 Å². The largest absolute Gasteiger partial charge is 0.376 e. The maximum atomic E-state index is 13.1. The average molecular weight is 387 g/mol. The Kier molecular flexibility index (Phi) is 3.80. The van der Waals surface area contributed by atoms with Gasteiger partial charge in [0.25, 0.3) is 5.91 Å². The minimum Gasteiger partial charge on any atom is -0.376 e.